The van der Waals surface area contributed by atoms with Gasteiger partial charge in [0, 0.05) is 18.6 Å². The molecule has 0 spiro atoms. The highest BCUT2D eigenvalue weighted by Gasteiger charge is 2.26. The fraction of sp³-hybridized carbons (Fsp3) is 0.808. The van der Waals surface area contributed by atoms with Gasteiger partial charge in [0.15, 0.2) is 6.29 Å². The van der Waals surface area contributed by atoms with Crippen molar-refractivity contribution in [2.24, 2.45) is 0 Å². The van der Waals surface area contributed by atoms with Crippen LogP contribution in [-0.4, -0.2) is 54.5 Å². The predicted molar refractivity (Wildman–Crippen MR) is 125 cm³/mol. The number of hydrogen-bond donors (Lipinski definition) is 2. The predicted octanol–water partition coefficient (Wildman–Crippen LogP) is 4.97. The van der Waals surface area contributed by atoms with Crippen LogP contribution in [-0.2, 0) is 19.0 Å². The summed E-state index contributed by atoms with van der Waals surface area (Å²) in [5.41, 5.74) is 1.06. The number of esters is 1. The normalized spacial score (nSPS) is 21.9. The van der Waals surface area contributed by atoms with Gasteiger partial charge in [-0.15, -0.1) is 0 Å². The molecule has 1 aliphatic heterocycles. The van der Waals surface area contributed by atoms with E-state index in [-0.39, 0.29) is 31.1 Å². The minimum Gasteiger partial charge on any atom is -0.457 e. The third-order valence-electron chi connectivity index (χ3n) is 6.07. The van der Waals surface area contributed by atoms with Gasteiger partial charge in [-0.05, 0) is 38.5 Å². The van der Waals surface area contributed by atoms with Crippen LogP contribution in [0.5, 0.6) is 0 Å². The lowest BCUT2D eigenvalue weighted by Gasteiger charge is -2.30. The molecule has 1 fully saturated rings. The highest BCUT2D eigenvalue weighted by atomic mass is 16.7. The van der Waals surface area contributed by atoms with Gasteiger partial charge in [0.1, 0.15) is 6.10 Å². The minimum atomic E-state index is -0.334. The largest absolute Gasteiger partial charge is 0.457 e. The lowest BCUT2D eigenvalue weighted by Crippen LogP contribution is -2.39. The third-order valence-corrected chi connectivity index (χ3v) is 6.07. The van der Waals surface area contributed by atoms with Gasteiger partial charge in [0.25, 0.3) is 0 Å². The highest BCUT2D eigenvalue weighted by molar-refractivity contribution is 5.69. The van der Waals surface area contributed by atoms with E-state index in [1.807, 2.05) is 6.08 Å². The van der Waals surface area contributed by atoms with Crippen molar-refractivity contribution >= 4 is 5.97 Å². The van der Waals surface area contributed by atoms with Crippen LogP contribution in [0.3, 0.4) is 0 Å². The Hall–Kier alpha value is -1.21. The van der Waals surface area contributed by atoms with Crippen molar-refractivity contribution in [3.05, 3.63) is 23.8 Å². The van der Waals surface area contributed by atoms with E-state index in [2.05, 4.69) is 12.2 Å². The van der Waals surface area contributed by atoms with E-state index in [1.165, 1.54) is 0 Å². The zero-order valence-corrected chi connectivity index (χ0v) is 19.7. The SMILES string of the molecule is O=C(CCCCCCCCC(O)CCCCCCO)OC1COC(C2=CCCC=C2)OC1. The Balaban J connectivity index is 1.38. The molecule has 1 saturated heterocycles. The second-order valence-corrected chi connectivity index (χ2v) is 9.03. The Kier molecular flexibility index (Phi) is 14.6. The van der Waals surface area contributed by atoms with Gasteiger partial charge >= 0.3 is 5.97 Å². The Bertz CT molecular complexity index is 551. The zero-order chi connectivity index (χ0) is 22.9. The smallest absolute Gasteiger partial charge is 0.306 e. The molecular formula is C26H44O6. The van der Waals surface area contributed by atoms with Crippen LogP contribution in [0, 0.1) is 0 Å². The summed E-state index contributed by atoms with van der Waals surface area (Å²) in [5.74, 6) is -0.167. The summed E-state index contributed by atoms with van der Waals surface area (Å²) in [6, 6.07) is 0. The van der Waals surface area contributed by atoms with E-state index in [9.17, 15) is 9.90 Å². The molecule has 2 rings (SSSR count). The number of allylic oxidation sites excluding steroid dienone is 2. The summed E-state index contributed by atoms with van der Waals surface area (Å²) < 4.78 is 16.9. The van der Waals surface area contributed by atoms with Crippen molar-refractivity contribution in [2.75, 3.05) is 19.8 Å². The van der Waals surface area contributed by atoms with Crippen LogP contribution in [0.15, 0.2) is 23.8 Å². The van der Waals surface area contributed by atoms with Gasteiger partial charge in [0.2, 0.25) is 0 Å². The maximum atomic E-state index is 12.1. The molecule has 6 nitrogen and oxygen atoms in total. The maximum absolute atomic E-state index is 12.1. The van der Waals surface area contributed by atoms with Crippen molar-refractivity contribution in [1.82, 2.24) is 0 Å². The first-order chi connectivity index (χ1) is 15.7. The summed E-state index contributed by atoms with van der Waals surface area (Å²) in [6.45, 7) is 1.04. The average Bonchev–Trinajstić information content (AvgIpc) is 2.81. The molecular weight excluding hydrogens is 408 g/mol. The summed E-state index contributed by atoms with van der Waals surface area (Å²) >= 11 is 0. The van der Waals surface area contributed by atoms with E-state index in [0.717, 1.165) is 95.5 Å². The molecule has 6 heteroatoms. The van der Waals surface area contributed by atoms with Crippen LogP contribution >= 0.6 is 0 Å². The second-order valence-electron chi connectivity index (χ2n) is 9.03. The Morgan fingerprint density at radius 2 is 1.56 bits per heavy atom. The zero-order valence-electron chi connectivity index (χ0n) is 19.7. The van der Waals surface area contributed by atoms with Gasteiger partial charge in [0.05, 0.1) is 19.3 Å². The van der Waals surface area contributed by atoms with Gasteiger partial charge < -0.3 is 24.4 Å². The quantitative estimate of drug-likeness (QED) is 0.239. The number of hydrogen-bond acceptors (Lipinski definition) is 6. The molecule has 2 aliphatic rings. The lowest BCUT2D eigenvalue weighted by atomic mass is 10.0. The molecule has 1 heterocycles. The third kappa shape index (κ3) is 12.1. The lowest BCUT2D eigenvalue weighted by molar-refractivity contribution is -0.210. The van der Waals surface area contributed by atoms with E-state index >= 15 is 0 Å². The second kappa shape index (κ2) is 17.3. The average molecular weight is 453 g/mol. The fourth-order valence-corrected chi connectivity index (χ4v) is 4.15. The van der Waals surface area contributed by atoms with Crippen molar-refractivity contribution in [2.45, 2.75) is 115 Å². The van der Waals surface area contributed by atoms with Crippen LogP contribution in [0.2, 0.25) is 0 Å². The molecule has 32 heavy (non-hydrogen) atoms. The number of ether oxygens (including phenoxy) is 3. The monoisotopic (exact) mass is 452 g/mol. The van der Waals surface area contributed by atoms with Crippen LogP contribution in [0.1, 0.15) is 96.3 Å². The first-order valence-electron chi connectivity index (χ1n) is 12.8. The molecule has 1 aliphatic carbocycles. The molecule has 0 aromatic rings. The van der Waals surface area contributed by atoms with Crippen molar-refractivity contribution in [1.29, 1.82) is 0 Å². The summed E-state index contributed by atoms with van der Waals surface area (Å²) in [5, 5.41) is 18.7. The topological polar surface area (TPSA) is 85.2 Å². The van der Waals surface area contributed by atoms with E-state index in [1.54, 1.807) is 0 Å². The molecule has 0 saturated carbocycles. The molecule has 0 aromatic heterocycles. The van der Waals surface area contributed by atoms with Crippen LogP contribution in [0.25, 0.3) is 0 Å². The number of unbranched alkanes of at least 4 members (excludes halogenated alkanes) is 8. The molecule has 0 aromatic carbocycles. The van der Waals surface area contributed by atoms with Gasteiger partial charge in [-0.3, -0.25) is 4.79 Å². The first-order valence-corrected chi connectivity index (χ1v) is 12.8. The maximum Gasteiger partial charge on any atom is 0.306 e. The van der Waals surface area contributed by atoms with Crippen LogP contribution in [0.4, 0.5) is 0 Å². The standard InChI is InChI=1S/C26H44O6/c27-19-13-6-5-11-17-23(28)16-10-3-1-2-4-12-18-25(29)32-24-20-30-26(31-21-24)22-14-8-7-9-15-22/h8,14-15,23-24,26-28H,1-7,9-13,16-21H2. The number of rotatable bonds is 17. The van der Waals surface area contributed by atoms with Gasteiger partial charge in [-0.2, -0.15) is 0 Å². The van der Waals surface area contributed by atoms with Crippen molar-refractivity contribution < 1.29 is 29.2 Å². The first kappa shape index (κ1) is 27.0. The minimum absolute atomic E-state index is 0.167. The molecule has 1 atom stereocenters. The highest BCUT2D eigenvalue weighted by Crippen LogP contribution is 2.21. The summed E-state index contributed by atoms with van der Waals surface area (Å²) in [7, 11) is 0. The molecule has 2 N–H and O–H groups in total. The van der Waals surface area contributed by atoms with E-state index < -0.39 is 0 Å². The molecule has 0 bridgehead atoms. The van der Waals surface area contributed by atoms with Crippen molar-refractivity contribution in [3.8, 4) is 0 Å². The van der Waals surface area contributed by atoms with Crippen LogP contribution < -0.4 is 0 Å². The number of aliphatic hydroxyl groups is 2. The summed E-state index contributed by atoms with van der Waals surface area (Å²) in [4.78, 5) is 12.1. The molecule has 0 radical (unpaired) electrons. The Morgan fingerprint density at radius 3 is 2.19 bits per heavy atom. The van der Waals surface area contributed by atoms with E-state index in [4.69, 9.17) is 19.3 Å². The number of aliphatic hydroxyl groups excluding tert-OH is 2. The number of carbonyl (C=O) groups excluding carboxylic acids is 1. The number of carbonyl (C=O) groups is 1. The van der Waals surface area contributed by atoms with Gasteiger partial charge in [-0.1, -0.05) is 69.6 Å². The molecule has 184 valence electrons. The van der Waals surface area contributed by atoms with Gasteiger partial charge in [-0.25, -0.2) is 0 Å². The summed E-state index contributed by atoms with van der Waals surface area (Å²) in [6.07, 6.45) is 20.2. The van der Waals surface area contributed by atoms with Crippen molar-refractivity contribution in [3.63, 3.8) is 0 Å². The molecule has 1 unspecified atom stereocenters. The fourth-order valence-electron chi connectivity index (χ4n) is 4.15. The molecule has 0 amide bonds. The Labute approximate surface area is 194 Å². The van der Waals surface area contributed by atoms with E-state index in [0.29, 0.717) is 19.6 Å². The Morgan fingerprint density at radius 1 is 0.938 bits per heavy atom.